The van der Waals surface area contributed by atoms with Crippen molar-refractivity contribution in [3.63, 3.8) is 0 Å². The van der Waals surface area contributed by atoms with Gasteiger partial charge in [0.05, 0.1) is 11.3 Å². The van der Waals surface area contributed by atoms with Gasteiger partial charge in [0.15, 0.2) is 5.82 Å². The van der Waals surface area contributed by atoms with Gasteiger partial charge in [-0.05, 0) is 62.8 Å². The third-order valence-corrected chi connectivity index (χ3v) is 5.18. The molecule has 0 amide bonds. The predicted molar refractivity (Wildman–Crippen MR) is 106 cm³/mol. The number of H-pyrrole nitrogens is 1. The van der Waals surface area contributed by atoms with Crippen molar-refractivity contribution in [2.75, 3.05) is 25.5 Å². The molecular weight excluding hydrogens is 346 g/mol. The highest BCUT2D eigenvalue weighted by Crippen LogP contribution is 2.36. The first kappa shape index (κ1) is 17.1. The standard InChI is InChI=1S/C20H22ClN5/c1-26-12-8-17(9-13-26)23-20-18(14-6-10-22-11-7-14)19(24-25-20)15-2-4-16(21)5-3-15/h2-7,10-11,17H,8-9,12-13H2,1H3,(H2,23,24,25). The molecule has 0 spiro atoms. The number of hydrogen-bond acceptors (Lipinski definition) is 4. The lowest BCUT2D eigenvalue weighted by molar-refractivity contribution is 0.263. The number of aromatic amines is 1. The van der Waals surface area contributed by atoms with E-state index < -0.39 is 0 Å². The molecule has 0 atom stereocenters. The summed E-state index contributed by atoms with van der Waals surface area (Å²) in [5, 5.41) is 12.2. The van der Waals surface area contributed by atoms with Crippen molar-refractivity contribution < 1.29 is 0 Å². The van der Waals surface area contributed by atoms with Gasteiger partial charge in [-0.25, -0.2) is 0 Å². The molecule has 1 aromatic carbocycles. The van der Waals surface area contributed by atoms with Crippen molar-refractivity contribution in [2.24, 2.45) is 0 Å². The normalized spacial score (nSPS) is 15.9. The molecule has 1 fully saturated rings. The number of nitrogens with zero attached hydrogens (tertiary/aromatic N) is 3. The first-order valence-electron chi connectivity index (χ1n) is 8.90. The Morgan fingerprint density at radius 2 is 1.73 bits per heavy atom. The molecule has 26 heavy (non-hydrogen) atoms. The minimum absolute atomic E-state index is 0.438. The van der Waals surface area contributed by atoms with Crippen LogP contribution in [0.2, 0.25) is 5.02 Å². The molecule has 2 N–H and O–H groups in total. The third-order valence-electron chi connectivity index (χ3n) is 4.93. The van der Waals surface area contributed by atoms with Crippen molar-refractivity contribution in [1.82, 2.24) is 20.1 Å². The highest BCUT2D eigenvalue weighted by molar-refractivity contribution is 6.30. The number of rotatable bonds is 4. The van der Waals surface area contributed by atoms with E-state index in [1.807, 2.05) is 48.8 Å². The summed E-state index contributed by atoms with van der Waals surface area (Å²) in [4.78, 5) is 6.52. The van der Waals surface area contributed by atoms with E-state index in [9.17, 15) is 0 Å². The lowest BCUT2D eigenvalue weighted by Gasteiger charge is -2.29. The number of halogens is 1. The molecule has 0 bridgehead atoms. The number of aromatic nitrogens is 3. The van der Waals surface area contributed by atoms with Crippen LogP contribution in [0.1, 0.15) is 12.8 Å². The second-order valence-electron chi connectivity index (χ2n) is 6.79. The van der Waals surface area contributed by atoms with E-state index in [2.05, 4.69) is 32.4 Å². The van der Waals surface area contributed by atoms with Crippen molar-refractivity contribution in [2.45, 2.75) is 18.9 Å². The largest absolute Gasteiger partial charge is 0.365 e. The fraction of sp³-hybridized carbons (Fsp3) is 0.300. The molecule has 0 saturated carbocycles. The summed E-state index contributed by atoms with van der Waals surface area (Å²) in [7, 11) is 2.17. The molecule has 1 saturated heterocycles. The van der Waals surface area contributed by atoms with Gasteiger partial charge in [-0.2, -0.15) is 5.10 Å². The van der Waals surface area contributed by atoms with Gasteiger partial charge in [0.25, 0.3) is 0 Å². The monoisotopic (exact) mass is 367 g/mol. The first-order valence-corrected chi connectivity index (χ1v) is 9.28. The summed E-state index contributed by atoms with van der Waals surface area (Å²) in [6, 6.07) is 12.3. The molecular formula is C20H22ClN5. The van der Waals surface area contributed by atoms with Gasteiger partial charge < -0.3 is 10.2 Å². The van der Waals surface area contributed by atoms with Crippen molar-refractivity contribution in [3.8, 4) is 22.4 Å². The van der Waals surface area contributed by atoms with E-state index in [1.54, 1.807) is 0 Å². The number of benzene rings is 1. The summed E-state index contributed by atoms with van der Waals surface area (Å²) < 4.78 is 0. The molecule has 6 heteroatoms. The molecule has 3 aromatic rings. The van der Waals surface area contributed by atoms with Crippen LogP contribution < -0.4 is 5.32 Å². The molecule has 3 heterocycles. The van der Waals surface area contributed by atoms with Crippen molar-refractivity contribution >= 4 is 17.4 Å². The summed E-state index contributed by atoms with van der Waals surface area (Å²) in [5.74, 6) is 0.899. The predicted octanol–water partition coefficient (Wildman–Crippen LogP) is 4.30. The van der Waals surface area contributed by atoms with E-state index >= 15 is 0 Å². The fourth-order valence-electron chi connectivity index (χ4n) is 3.42. The Morgan fingerprint density at radius 1 is 1.04 bits per heavy atom. The van der Waals surface area contributed by atoms with Gasteiger partial charge in [-0.15, -0.1) is 0 Å². The highest BCUT2D eigenvalue weighted by Gasteiger charge is 2.22. The van der Waals surface area contributed by atoms with E-state index in [4.69, 9.17) is 11.6 Å². The minimum Gasteiger partial charge on any atom is -0.365 e. The summed E-state index contributed by atoms with van der Waals surface area (Å²) in [6.45, 7) is 2.22. The Balaban J connectivity index is 1.71. The number of piperidine rings is 1. The average Bonchev–Trinajstić information content (AvgIpc) is 3.08. The zero-order valence-electron chi connectivity index (χ0n) is 14.7. The molecule has 1 aliphatic rings. The molecule has 1 aliphatic heterocycles. The molecule has 134 valence electrons. The topological polar surface area (TPSA) is 56.8 Å². The van der Waals surface area contributed by atoms with E-state index in [-0.39, 0.29) is 0 Å². The van der Waals surface area contributed by atoms with Gasteiger partial charge in [-0.1, -0.05) is 23.7 Å². The van der Waals surface area contributed by atoms with Gasteiger partial charge in [-0.3, -0.25) is 10.1 Å². The van der Waals surface area contributed by atoms with E-state index in [0.29, 0.717) is 6.04 Å². The maximum absolute atomic E-state index is 6.05. The zero-order valence-corrected chi connectivity index (χ0v) is 15.5. The van der Waals surface area contributed by atoms with E-state index in [0.717, 1.165) is 59.2 Å². The molecule has 5 nitrogen and oxygen atoms in total. The van der Waals surface area contributed by atoms with Gasteiger partial charge in [0.2, 0.25) is 0 Å². The second kappa shape index (κ2) is 7.48. The smallest absolute Gasteiger partial charge is 0.156 e. The number of anilines is 1. The van der Waals surface area contributed by atoms with Crippen LogP contribution in [-0.4, -0.2) is 46.3 Å². The van der Waals surface area contributed by atoms with Gasteiger partial charge in [0, 0.05) is 29.0 Å². The number of likely N-dealkylation sites (tertiary alicyclic amines) is 1. The lowest BCUT2D eigenvalue weighted by atomic mass is 10.0. The Morgan fingerprint density at radius 3 is 2.42 bits per heavy atom. The zero-order chi connectivity index (χ0) is 17.9. The summed E-state index contributed by atoms with van der Waals surface area (Å²) >= 11 is 6.05. The molecule has 0 aliphatic carbocycles. The minimum atomic E-state index is 0.438. The molecule has 4 rings (SSSR count). The van der Waals surface area contributed by atoms with Crippen LogP contribution in [0, 0.1) is 0 Å². The Bertz CT molecular complexity index is 852. The fourth-order valence-corrected chi connectivity index (χ4v) is 3.54. The Kier molecular flexibility index (Phi) is 4.91. The Hall–Kier alpha value is -2.37. The summed E-state index contributed by atoms with van der Waals surface area (Å²) in [6.07, 6.45) is 5.87. The third kappa shape index (κ3) is 3.59. The SMILES string of the molecule is CN1CCC(Nc2n[nH]c(-c3ccc(Cl)cc3)c2-c2ccncc2)CC1. The molecule has 0 radical (unpaired) electrons. The van der Waals surface area contributed by atoms with Crippen LogP contribution in [0.3, 0.4) is 0 Å². The average molecular weight is 368 g/mol. The van der Waals surface area contributed by atoms with Crippen LogP contribution in [0.15, 0.2) is 48.8 Å². The number of hydrogen-bond donors (Lipinski definition) is 2. The molecule has 0 unspecified atom stereocenters. The number of pyridine rings is 1. The van der Waals surface area contributed by atoms with Crippen LogP contribution in [0.4, 0.5) is 5.82 Å². The number of nitrogens with one attached hydrogen (secondary N) is 2. The quantitative estimate of drug-likeness (QED) is 0.721. The van der Waals surface area contributed by atoms with Crippen molar-refractivity contribution in [3.05, 3.63) is 53.8 Å². The van der Waals surface area contributed by atoms with Crippen LogP contribution in [0.25, 0.3) is 22.4 Å². The van der Waals surface area contributed by atoms with Crippen LogP contribution in [0.5, 0.6) is 0 Å². The Labute approximate surface area is 158 Å². The van der Waals surface area contributed by atoms with Crippen molar-refractivity contribution in [1.29, 1.82) is 0 Å². The van der Waals surface area contributed by atoms with E-state index in [1.165, 1.54) is 0 Å². The second-order valence-corrected chi connectivity index (χ2v) is 7.22. The molecule has 2 aromatic heterocycles. The maximum atomic E-state index is 6.05. The van der Waals surface area contributed by atoms with Crippen LogP contribution >= 0.6 is 11.6 Å². The highest BCUT2D eigenvalue weighted by atomic mass is 35.5. The van der Waals surface area contributed by atoms with Gasteiger partial charge >= 0.3 is 0 Å². The summed E-state index contributed by atoms with van der Waals surface area (Å²) in [5.41, 5.74) is 4.22. The maximum Gasteiger partial charge on any atom is 0.156 e. The van der Waals surface area contributed by atoms with Crippen LogP contribution in [-0.2, 0) is 0 Å². The van der Waals surface area contributed by atoms with Gasteiger partial charge in [0.1, 0.15) is 0 Å². The first-order chi connectivity index (χ1) is 12.7. The lowest BCUT2D eigenvalue weighted by Crippen LogP contribution is -2.36.